The monoisotopic (exact) mass is 353 g/mol. The topological polar surface area (TPSA) is 76.4 Å². The number of aromatic nitrogens is 2. The summed E-state index contributed by atoms with van der Waals surface area (Å²) in [4.78, 5) is 16.7. The molecule has 2 heterocycles. The molecule has 0 bridgehead atoms. The van der Waals surface area contributed by atoms with Gasteiger partial charge in [-0.3, -0.25) is 9.36 Å². The second-order valence-electron chi connectivity index (χ2n) is 6.06. The Morgan fingerprint density at radius 3 is 2.92 bits per heavy atom. The number of nitrogens with zero attached hydrogens (tertiary/aromatic N) is 2. The zero-order valence-corrected chi connectivity index (χ0v) is 13.9. The lowest BCUT2D eigenvalue weighted by Gasteiger charge is -2.23. The predicted molar refractivity (Wildman–Crippen MR) is 93.3 cm³/mol. The number of rotatable bonds is 3. The summed E-state index contributed by atoms with van der Waals surface area (Å²) in [7, 11) is 1.47. The Morgan fingerprint density at radius 2 is 2.15 bits per heavy atom. The maximum atomic E-state index is 13.6. The van der Waals surface area contributed by atoms with Gasteiger partial charge in [0.05, 0.1) is 18.5 Å². The van der Waals surface area contributed by atoms with E-state index in [1.54, 1.807) is 35.2 Å². The molecular formula is C19H16FN3O3. The summed E-state index contributed by atoms with van der Waals surface area (Å²) in [6.45, 7) is 0. The largest absolute Gasteiger partial charge is 0.504 e. The molecule has 1 aromatic heterocycles. The molecule has 0 saturated carbocycles. The van der Waals surface area contributed by atoms with Gasteiger partial charge in [-0.15, -0.1) is 0 Å². The van der Waals surface area contributed by atoms with E-state index in [2.05, 4.69) is 10.3 Å². The van der Waals surface area contributed by atoms with Crippen molar-refractivity contribution in [1.29, 1.82) is 0 Å². The fourth-order valence-corrected chi connectivity index (χ4v) is 3.22. The van der Waals surface area contributed by atoms with Crippen molar-refractivity contribution in [3.8, 4) is 17.2 Å². The fraction of sp³-hybridized carbons (Fsp3) is 0.158. The highest BCUT2D eigenvalue weighted by Gasteiger charge is 2.31. The summed E-state index contributed by atoms with van der Waals surface area (Å²) in [6, 6.07) is 11.0. The molecule has 26 heavy (non-hydrogen) atoms. The number of nitrogens with one attached hydrogen (secondary N) is 1. The number of carbonyl (C=O) groups excluding carboxylic acids is 1. The average Bonchev–Trinajstić information content (AvgIpc) is 3.05. The van der Waals surface area contributed by atoms with Gasteiger partial charge in [0.2, 0.25) is 5.91 Å². The summed E-state index contributed by atoms with van der Waals surface area (Å²) in [6.07, 6.45) is 1.79. The summed E-state index contributed by atoms with van der Waals surface area (Å²) < 4.78 is 20.4. The zero-order chi connectivity index (χ0) is 18.3. The highest BCUT2D eigenvalue weighted by molar-refractivity contribution is 5.94. The number of amides is 1. The molecule has 3 aromatic rings. The predicted octanol–water partition coefficient (Wildman–Crippen LogP) is 3.20. The Hall–Kier alpha value is -3.35. The normalized spacial score (nSPS) is 16.1. The number of aromatic hydroxyl groups is 1. The van der Waals surface area contributed by atoms with Crippen molar-refractivity contribution in [2.24, 2.45) is 0 Å². The van der Waals surface area contributed by atoms with Gasteiger partial charge in [-0.2, -0.15) is 0 Å². The molecule has 0 fully saturated rings. The number of ether oxygens (including phenoxy) is 1. The first-order chi connectivity index (χ1) is 12.6. The minimum atomic E-state index is -0.369. The molecule has 1 aliphatic rings. The highest BCUT2D eigenvalue weighted by atomic mass is 19.1. The maximum Gasteiger partial charge on any atom is 0.226 e. The molecule has 132 valence electrons. The SMILES string of the molecule is COc1cc(C2CC(=O)Nc3c2ncn3-c2cccc(F)c2)ccc1O. The van der Waals surface area contributed by atoms with E-state index in [1.807, 2.05) is 0 Å². The van der Waals surface area contributed by atoms with Crippen LogP contribution in [0, 0.1) is 5.82 Å². The van der Waals surface area contributed by atoms with Crippen LogP contribution in [0.3, 0.4) is 0 Å². The van der Waals surface area contributed by atoms with Gasteiger partial charge in [-0.1, -0.05) is 12.1 Å². The number of phenolic OH excluding ortho intramolecular Hbond substituents is 1. The number of fused-ring (bicyclic) bond motifs is 1. The molecule has 6 nitrogen and oxygen atoms in total. The molecule has 0 saturated heterocycles. The highest BCUT2D eigenvalue weighted by Crippen LogP contribution is 2.39. The van der Waals surface area contributed by atoms with Crippen LogP contribution in [0.15, 0.2) is 48.8 Å². The van der Waals surface area contributed by atoms with Gasteiger partial charge in [0, 0.05) is 12.3 Å². The van der Waals surface area contributed by atoms with Gasteiger partial charge in [-0.25, -0.2) is 9.37 Å². The van der Waals surface area contributed by atoms with Gasteiger partial charge >= 0.3 is 0 Å². The summed E-state index contributed by atoms with van der Waals surface area (Å²) in [5, 5.41) is 12.6. The minimum absolute atomic E-state index is 0.0297. The van der Waals surface area contributed by atoms with Crippen molar-refractivity contribution in [2.75, 3.05) is 12.4 Å². The quantitative estimate of drug-likeness (QED) is 0.758. The third kappa shape index (κ3) is 2.67. The van der Waals surface area contributed by atoms with Crippen LogP contribution < -0.4 is 10.1 Å². The van der Waals surface area contributed by atoms with Gasteiger partial charge in [0.25, 0.3) is 0 Å². The molecule has 7 heteroatoms. The lowest BCUT2D eigenvalue weighted by atomic mass is 9.89. The van der Waals surface area contributed by atoms with E-state index in [9.17, 15) is 14.3 Å². The first-order valence-electron chi connectivity index (χ1n) is 8.06. The standard InChI is InChI=1S/C19H16FN3O3/c1-26-16-7-11(5-6-15(16)24)14-9-17(25)22-19-18(14)21-10-23(19)13-4-2-3-12(20)8-13/h2-8,10,14,24H,9H2,1H3,(H,22,25). The van der Waals surface area contributed by atoms with E-state index in [0.717, 1.165) is 5.56 Å². The number of hydrogen-bond acceptors (Lipinski definition) is 4. The van der Waals surface area contributed by atoms with E-state index >= 15 is 0 Å². The van der Waals surface area contributed by atoms with E-state index in [0.29, 0.717) is 22.9 Å². The molecule has 0 spiro atoms. The van der Waals surface area contributed by atoms with Crippen LogP contribution in [0.1, 0.15) is 23.6 Å². The Balaban J connectivity index is 1.81. The molecule has 0 radical (unpaired) electrons. The molecule has 1 amide bonds. The van der Waals surface area contributed by atoms with E-state index in [4.69, 9.17) is 4.74 Å². The lowest BCUT2D eigenvalue weighted by Crippen LogP contribution is -2.24. The van der Waals surface area contributed by atoms with Gasteiger partial charge in [0.1, 0.15) is 18.0 Å². The van der Waals surface area contributed by atoms with E-state index < -0.39 is 0 Å². The minimum Gasteiger partial charge on any atom is -0.504 e. The van der Waals surface area contributed by atoms with Crippen LogP contribution in [-0.2, 0) is 4.79 Å². The number of halogens is 1. The van der Waals surface area contributed by atoms with Gasteiger partial charge < -0.3 is 15.2 Å². The second-order valence-corrected chi connectivity index (χ2v) is 6.06. The van der Waals surface area contributed by atoms with Crippen molar-refractivity contribution in [3.63, 3.8) is 0 Å². The summed E-state index contributed by atoms with van der Waals surface area (Å²) >= 11 is 0. The Kier molecular flexibility index (Phi) is 3.84. The fourth-order valence-electron chi connectivity index (χ4n) is 3.22. The van der Waals surface area contributed by atoms with Gasteiger partial charge in [0.15, 0.2) is 11.5 Å². The van der Waals surface area contributed by atoms with E-state index in [-0.39, 0.29) is 29.8 Å². The Bertz CT molecular complexity index is 999. The Morgan fingerprint density at radius 1 is 1.31 bits per heavy atom. The van der Waals surface area contributed by atoms with Crippen molar-refractivity contribution < 1.29 is 19.0 Å². The summed E-state index contributed by atoms with van der Waals surface area (Å²) in [5.41, 5.74) is 2.06. The average molecular weight is 353 g/mol. The molecule has 2 N–H and O–H groups in total. The van der Waals surface area contributed by atoms with Crippen LogP contribution >= 0.6 is 0 Å². The molecule has 1 atom stereocenters. The maximum absolute atomic E-state index is 13.6. The van der Waals surface area contributed by atoms with Crippen LogP contribution in [-0.4, -0.2) is 27.7 Å². The molecule has 1 unspecified atom stereocenters. The molecule has 2 aromatic carbocycles. The van der Waals surface area contributed by atoms with Crippen molar-refractivity contribution in [1.82, 2.24) is 9.55 Å². The van der Waals surface area contributed by atoms with Crippen LogP contribution in [0.4, 0.5) is 10.2 Å². The lowest BCUT2D eigenvalue weighted by molar-refractivity contribution is -0.116. The van der Waals surface area contributed by atoms with Crippen molar-refractivity contribution in [2.45, 2.75) is 12.3 Å². The number of phenols is 1. The van der Waals surface area contributed by atoms with Crippen LogP contribution in [0.25, 0.3) is 5.69 Å². The first-order valence-corrected chi connectivity index (χ1v) is 8.06. The third-order valence-electron chi connectivity index (χ3n) is 4.47. The van der Waals surface area contributed by atoms with E-state index in [1.165, 1.54) is 25.3 Å². The van der Waals surface area contributed by atoms with Crippen molar-refractivity contribution in [3.05, 3.63) is 65.9 Å². The number of carbonyl (C=O) groups is 1. The number of imidazole rings is 1. The smallest absolute Gasteiger partial charge is 0.226 e. The number of hydrogen-bond donors (Lipinski definition) is 2. The third-order valence-corrected chi connectivity index (χ3v) is 4.47. The van der Waals surface area contributed by atoms with Gasteiger partial charge in [-0.05, 0) is 35.9 Å². The molecular weight excluding hydrogens is 337 g/mol. The molecule has 0 aliphatic carbocycles. The number of benzene rings is 2. The Labute approximate surface area is 148 Å². The second kappa shape index (κ2) is 6.18. The number of methoxy groups -OCH3 is 1. The zero-order valence-electron chi connectivity index (χ0n) is 13.9. The molecule has 1 aliphatic heterocycles. The van der Waals surface area contributed by atoms with Crippen LogP contribution in [0.5, 0.6) is 11.5 Å². The molecule has 4 rings (SSSR count). The number of anilines is 1. The first kappa shape index (κ1) is 16.1. The van der Waals surface area contributed by atoms with Crippen LogP contribution in [0.2, 0.25) is 0 Å². The summed E-state index contributed by atoms with van der Waals surface area (Å²) in [5.74, 6) is 0.0631. The van der Waals surface area contributed by atoms with Crippen molar-refractivity contribution >= 4 is 11.7 Å².